The Morgan fingerprint density at radius 1 is 1.35 bits per heavy atom. The van der Waals surface area contributed by atoms with Crippen molar-refractivity contribution in [3.63, 3.8) is 0 Å². The van der Waals surface area contributed by atoms with Crippen LogP contribution in [0.25, 0.3) is 11.0 Å². The van der Waals surface area contributed by atoms with Crippen molar-refractivity contribution in [3.05, 3.63) is 53.9 Å². The molecule has 0 unspecified atom stereocenters. The van der Waals surface area contributed by atoms with Crippen molar-refractivity contribution in [2.45, 2.75) is 25.1 Å². The minimum absolute atomic E-state index is 0.0754. The first kappa shape index (κ1) is 14.3. The Hall–Kier alpha value is -2.31. The summed E-state index contributed by atoms with van der Waals surface area (Å²) in [5.41, 5.74) is 0.746. The van der Waals surface area contributed by atoms with E-state index in [-0.39, 0.29) is 11.3 Å². The Morgan fingerprint density at radius 3 is 3.00 bits per heavy atom. The molecule has 0 aliphatic heterocycles. The molecule has 118 valence electrons. The number of rotatable bonds is 4. The molecule has 1 aliphatic rings. The number of anilines is 1. The first-order chi connectivity index (χ1) is 11.2. The van der Waals surface area contributed by atoms with Crippen molar-refractivity contribution in [1.82, 2.24) is 14.5 Å². The van der Waals surface area contributed by atoms with Crippen LogP contribution in [0.15, 0.2) is 47.2 Å². The summed E-state index contributed by atoms with van der Waals surface area (Å²) >= 11 is 6.08. The molecule has 3 heterocycles. The fourth-order valence-corrected chi connectivity index (χ4v) is 3.03. The molecule has 4 rings (SSSR count). The zero-order valence-corrected chi connectivity index (χ0v) is 12.9. The van der Waals surface area contributed by atoms with Gasteiger partial charge in [-0.15, -0.1) is 0 Å². The molecule has 3 aromatic rings. The normalized spacial score (nSPS) is 20.4. The lowest BCUT2D eigenvalue weighted by molar-refractivity contribution is 0.211. The number of hydrogen-bond donors (Lipinski definition) is 2. The maximum Gasteiger partial charge on any atom is 0.226 e. The lowest BCUT2D eigenvalue weighted by atomic mass is 10.2. The van der Waals surface area contributed by atoms with Crippen LogP contribution >= 0.6 is 11.6 Å². The molecule has 1 aliphatic carbocycles. The van der Waals surface area contributed by atoms with Gasteiger partial charge in [-0.3, -0.25) is 0 Å². The summed E-state index contributed by atoms with van der Waals surface area (Å²) in [5, 5.41) is 14.0. The molecule has 0 saturated heterocycles. The molecule has 0 bridgehead atoms. The second-order valence-electron chi connectivity index (χ2n) is 5.49. The van der Waals surface area contributed by atoms with E-state index in [1.807, 2.05) is 35.0 Å². The number of nitrogens with one attached hydrogen (secondary N) is 1. The van der Waals surface area contributed by atoms with Crippen LogP contribution in [0.3, 0.4) is 0 Å². The van der Waals surface area contributed by atoms with Crippen molar-refractivity contribution in [3.8, 4) is 0 Å². The number of furan rings is 1. The van der Waals surface area contributed by atoms with E-state index in [9.17, 15) is 5.11 Å². The van der Waals surface area contributed by atoms with Gasteiger partial charge in [0.15, 0.2) is 0 Å². The molecular formula is C16H15ClN4O2. The highest BCUT2D eigenvalue weighted by Gasteiger charge is 2.21. The van der Waals surface area contributed by atoms with Crippen LogP contribution in [0.5, 0.6) is 0 Å². The Balaban J connectivity index is 1.68. The number of aliphatic hydroxyl groups is 1. The number of fused-ring (bicyclic) bond motifs is 1. The molecule has 0 aromatic carbocycles. The van der Waals surface area contributed by atoms with Gasteiger partial charge in [0.05, 0.1) is 30.3 Å². The van der Waals surface area contributed by atoms with Gasteiger partial charge in [-0.05, 0) is 29.8 Å². The third-order valence-electron chi connectivity index (χ3n) is 3.95. The van der Waals surface area contributed by atoms with Crippen molar-refractivity contribution in [2.75, 3.05) is 5.32 Å². The maximum atomic E-state index is 9.69. The maximum absolute atomic E-state index is 9.69. The molecule has 23 heavy (non-hydrogen) atoms. The molecule has 0 amide bonds. The third kappa shape index (κ3) is 2.71. The standard InChI is InChI=1S/C16H15ClN4O2/c17-16-19-14(18-9-12-2-1-7-23-12)13-5-6-21(15(13)20-16)10-3-4-11(22)8-10/h1-7,10-11,22H,8-9H2,(H,18,19,20)/t10-,11-/m0/s1. The second kappa shape index (κ2) is 5.72. The second-order valence-corrected chi connectivity index (χ2v) is 5.83. The van der Waals surface area contributed by atoms with Gasteiger partial charge >= 0.3 is 0 Å². The molecule has 0 spiro atoms. The average molecular weight is 331 g/mol. The van der Waals surface area contributed by atoms with Gasteiger partial charge in [-0.25, -0.2) is 4.98 Å². The highest BCUT2D eigenvalue weighted by molar-refractivity contribution is 6.28. The van der Waals surface area contributed by atoms with E-state index in [1.165, 1.54) is 0 Å². The van der Waals surface area contributed by atoms with Crippen molar-refractivity contribution in [1.29, 1.82) is 0 Å². The fourth-order valence-electron chi connectivity index (χ4n) is 2.86. The SMILES string of the molecule is O[C@H]1C=C[C@H](n2ccc3c(NCc4ccco4)nc(Cl)nc32)C1. The Labute approximate surface area is 137 Å². The van der Waals surface area contributed by atoms with E-state index in [4.69, 9.17) is 16.0 Å². The summed E-state index contributed by atoms with van der Waals surface area (Å²) < 4.78 is 7.32. The molecule has 2 N–H and O–H groups in total. The number of hydrogen-bond acceptors (Lipinski definition) is 5. The lowest BCUT2D eigenvalue weighted by Crippen LogP contribution is -2.08. The van der Waals surface area contributed by atoms with Crippen molar-refractivity contribution >= 4 is 28.5 Å². The van der Waals surface area contributed by atoms with Gasteiger partial charge in [0, 0.05) is 12.6 Å². The predicted molar refractivity (Wildman–Crippen MR) is 87.4 cm³/mol. The highest BCUT2D eigenvalue weighted by atomic mass is 35.5. The van der Waals surface area contributed by atoms with Gasteiger partial charge in [0.1, 0.15) is 17.2 Å². The Bertz CT molecular complexity index is 856. The van der Waals surface area contributed by atoms with Crippen LogP contribution in [-0.4, -0.2) is 25.7 Å². The monoisotopic (exact) mass is 330 g/mol. The predicted octanol–water partition coefficient (Wildman–Crippen LogP) is 3.15. The number of halogens is 1. The van der Waals surface area contributed by atoms with Crippen LogP contribution in [0, 0.1) is 0 Å². The van der Waals surface area contributed by atoms with E-state index in [1.54, 1.807) is 12.3 Å². The van der Waals surface area contributed by atoms with E-state index in [0.29, 0.717) is 18.8 Å². The molecule has 0 fully saturated rings. The topological polar surface area (TPSA) is 76.1 Å². The first-order valence-corrected chi connectivity index (χ1v) is 7.75. The number of nitrogens with zero attached hydrogens (tertiary/aromatic N) is 3. The third-order valence-corrected chi connectivity index (χ3v) is 4.12. The fraction of sp³-hybridized carbons (Fsp3) is 0.250. The van der Waals surface area contributed by atoms with E-state index in [0.717, 1.165) is 16.8 Å². The van der Waals surface area contributed by atoms with E-state index >= 15 is 0 Å². The van der Waals surface area contributed by atoms with Crippen molar-refractivity contribution in [2.24, 2.45) is 0 Å². The van der Waals surface area contributed by atoms with Gasteiger partial charge in [-0.1, -0.05) is 12.2 Å². The molecule has 0 saturated carbocycles. The molecule has 3 aromatic heterocycles. The molecule has 2 atom stereocenters. The number of aliphatic hydroxyl groups excluding tert-OH is 1. The summed E-state index contributed by atoms with van der Waals surface area (Å²) in [6.07, 6.45) is 7.59. The van der Waals surface area contributed by atoms with Crippen LogP contribution in [0.4, 0.5) is 5.82 Å². The minimum Gasteiger partial charge on any atom is -0.467 e. The van der Waals surface area contributed by atoms with Crippen molar-refractivity contribution < 1.29 is 9.52 Å². The summed E-state index contributed by atoms with van der Waals surface area (Å²) in [4.78, 5) is 8.63. The quantitative estimate of drug-likeness (QED) is 0.567. The summed E-state index contributed by atoms with van der Waals surface area (Å²) in [6.45, 7) is 0.517. The number of aromatic nitrogens is 3. The van der Waals surface area contributed by atoms with E-state index in [2.05, 4.69) is 15.3 Å². The highest BCUT2D eigenvalue weighted by Crippen LogP contribution is 2.30. The Kier molecular flexibility index (Phi) is 3.55. The summed E-state index contributed by atoms with van der Waals surface area (Å²) in [5.74, 6) is 1.48. The molecule has 6 nitrogen and oxygen atoms in total. The van der Waals surface area contributed by atoms with Gasteiger partial charge in [0.25, 0.3) is 0 Å². The largest absolute Gasteiger partial charge is 0.467 e. The van der Waals surface area contributed by atoms with Crippen LogP contribution < -0.4 is 5.32 Å². The Morgan fingerprint density at radius 2 is 2.26 bits per heavy atom. The van der Waals surface area contributed by atoms with Crippen LogP contribution in [0.2, 0.25) is 5.28 Å². The number of allylic oxidation sites excluding steroid dienone is 1. The summed E-state index contributed by atoms with van der Waals surface area (Å²) in [6, 6.07) is 5.76. The average Bonchev–Trinajstić information content (AvgIpc) is 3.24. The van der Waals surface area contributed by atoms with E-state index < -0.39 is 6.10 Å². The van der Waals surface area contributed by atoms with Crippen LogP contribution in [-0.2, 0) is 6.54 Å². The zero-order valence-electron chi connectivity index (χ0n) is 12.2. The molecular weight excluding hydrogens is 316 g/mol. The smallest absolute Gasteiger partial charge is 0.226 e. The summed E-state index contributed by atoms with van der Waals surface area (Å²) in [7, 11) is 0. The molecule has 7 heteroatoms. The van der Waals surface area contributed by atoms with Gasteiger partial charge in [-0.2, -0.15) is 4.98 Å². The van der Waals surface area contributed by atoms with Gasteiger partial charge in [0.2, 0.25) is 5.28 Å². The lowest BCUT2D eigenvalue weighted by Gasteiger charge is -2.13. The zero-order chi connectivity index (χ0) is 15.8. The van der Waals surface area contributed by atoms with Gasteiger partial charge < -0.3 is 19.4 Å². The minimum atomic E-state index is -0.411. The van der Waals surface area contributed by atoms with Crippen LogP contribution in [0.1, 0.15) is 18.2 Å². The molecule has 0 radical (unpaired) electrons. The first-order valence-electron chi connectivity index (χ1n) is 7.37.